The zero-order chi connectivity index (χ0) is 26.1. The summed E-state index contributed by atoms with van der Waals surface area (Å²) >= 11 is 5.98. The SMILES string of the molecule is C=C(/C=C\C/C=C(\C)C(O)NCC(N)=O)CCNC(=O)CCC(/N=N/CCC)c1ccc(Cl)cc1. The van der Waals surface area contributed by atoms with Crippen LogP contribution in [0.25, 0.3) is 0 Å². The molecule has 1 rings (SSSR count). The molecule has 0 saturated carbocycles. The molecule has 0 aromatic heterocycles. The summed E-state index contributed by atoms with van der Waals surface area (Å²) in [4.78, 5) is 23.1. The molecule has 0 aliphatic heterocycles. The molecular formula is C26H38ClN5O3. The molecule has 0 spiro atoms. The number of carbonyl (C=O) groups is 2. The van der Waals surface area contributed by atoms with E-state index >= 15 is 0 Å². The first kappa shape index (κ1) is 30.2. The molecule has 0 aliphatic rings. The summed E-state index contributed by atoms with van der Waals surface area (Å²) in [6.07, 6.45) is 7.80. The third-order valence-corrected chi connectivity index (χ3v) is 5.29. The molecule has 0 aliphatic carbocycles. The van der Waals surface area contributed by atoms with Gasteiger partial charge in [0, 0.05) is 18.0 Å². The minimum Gasteiger partial charge on any atom is -0.375 e. The van der Waals surface area contributed by atoms with Crippen LogP contribution in [-0.2, 0) is 9.59 Å². The van der Waals surface area contributed by atoms with Gasteiger partial charge in [-0.15, -0.1) is 0 Å². The Labute approximate surface area is 213 Å². The zero-order valence-electron chi connectivity index (χ0n) is 20.7. The molecule has 0 radical (unpaired) electrons. The molecule has 2 amide bonds. The van der Waals surface area contributed by atoms with Crippen LogP contribution in [0.3, 0.4) is 0 Å². The Hall–Kier alpha value is -2.81. The van der Waals surface area contributed by atoms with Crippen molar-refractivity contribution >= 4 is 23.4 Å². The van der Waals surface area contributed by atoms with Crippen molar-refractivity contribution in [3.63, 3.8) is 0 Å². The van der Waals surface area contributed by atoms with E-state index in [0.717, 1.165) is 17.6 Å². The minimum atomic E-state index is -0.915. The van der Waals surface area contributed by atoms with Gasteiger partial charge in [-0.3, -0.25) is 14.9 Å². The number of nitrogens with zero attached hydrogens (tertiary/aromatic N) is 2. The number of amides is 2. The third-order valence-electron chi connectivity index (χ3n) is 5.04. The molecule has 2 atom stereocenters. The van der Waals surface area contributed by atoms with Crippen LogP contribution in [0.1, 0.15) is 57.6 Å². The normalized spacial score (nSPS) is 13.8. The van der Waals surface area contributed by atoms with Crippen molar-refractivity contribution in [1.29, 1.82) is 0 Å². The molecule has 0 fully saturated rings. The quantitative estimate of drug-likeness (QED) is 0.109. The van der Waals surface area contributed by atoms with Crippen LogP contribution < -0.4 is 16.4 Å². The number of rotatable bonds is 17. The zero-order valence-corrected chi connectivity index (χ0v) is 21.4. The maximum atomic E-state index is 12.3. The van der Waals surface area contributed by atoms with Gasteiger partial charge in [0.2, 0.25) is 11.8 Å². The molecule has 1 aromatic rings. The standard InChI is InChI=1S/C26H38ClN5O3/c1-4-16-31-32-23(21-9-11-22(27)12-10-21)13-14-25(34)29-17-15-19(2)7-5-6-8-20(3)26(35)30-18-24(28)33/h5,7-12,23,26,30,35H,2,4,6,13-18H2,1,3H3,(H2,28,33)(H,29,34)/b7-5-,20-8+,32-31+. The molecule has 8 nitrogen and oxygen atoms in total. The molecule has 5 N–H and O–H groups in total. The van der Waals surface area contributed by atoms with E-state index < -0.39 is 12.1 Å². The Balaban J connectivity index is 2.38. The second-order valence-electron chi connectivity index (χ2n) is 8.18. The average Bonchev–Trinajstić information content (AvgIpc) is 2.83. The smallest absolute Gasteiger partial charge is 0.231 e. The maximum Gasteiger partial charge on any atom is 0.231 e. The van der Waals surface area contributed by atoms with Gasteiger partial charge < -0.3 is 16.2 Å². The lowest BCUT2D eigenvalue weighted by Gasteiger charge is -2.12. The van der Waals surface area contributed by atoms with Gasteiger partial charge in [-0.05, 0) is 55.9 Å². The van der Waals surface area contributed by atoms with Crippen LogP contribution in [0.2, 0.25) is 5.02 Å². The van der Waals surface area contributed by atoms with Crippen molar-refractivity contribution in [2.24, 2.45) is 16.0 Å². The number of aliphatic hydroxyl groups is 1. The van der Waals surface area contributed by atoms with Gasteiger partial charge in [0.25, 0.3) is 0 Å². The van der Waals surface area contributed by atoms with Crippen molar-refractivity contribution in [1.82, 2.24) is 10.6 Å². The highest BCUT2D eigenvalue weighted by atomic mass is 35.5. The van der Waals surface area contributed by atoms with Gasteiger partial charge in [0.15, 0.2) is 0 Å². The number of primary amides is 1. The summed E-state index contributed by atoms with van der Waals surface area (Å²) in [7, 11) is 0. The minimum absolute atomic E-state index is 0.0394. The average molecular weight is 504 g/mol. The number of allylic oxidation sites excluding steroid dienone is 3. The molecule has 0 saturated heterocycles. The monoisotopic (exact) mass is 503 g/mol. The second-order valence-corrected chi connectivity index (χ2v) is 8.62. The van der Waals surface area contributed by atoms with E-state index in [1.165, 1.54) is 0 Å². The molecule has 1 aromatic carbocycles. The van der Waals surface area contributed by atoms with Crippen LogP contribution in [0, 0.1) is 0 Å². The summed E-state index contributed by atoms with van der Waals surface area (Å²) < 4.78 is 0. The fourth-order valence-corrected chi connectivity index (χ4v) is 3.12. The van der Waals surface area contributed by atoms with Crippen LogP contribution in [0.15, 0.2) is 70.4 Å². The van der Waals surface area contributed by atoms with E-state index in [2.05, 4.69) is 27.4 Å². The Morgan fingerprint density at radius 1 is 1.26 bits per heavy atom. The number of azo groups is 1. The van der Waals surface area contributed by atoms with Crippen molar-refractivity contribution < 1.29 is 14.7 Å². The van der Waals surface area contributed by atoms with Gasteiger partial charge in [-0.1, -0.05) is 61.0 Å². The lowest BCUT2D eigenvalue weighted by atomic mass is 10.0. The van der Waals surface area contributed by atoms with E-state index in [9.17, 15) is 14.7 Å². The van der Waals surface area contributed by atoms with Gasteiger partial charge in [0.1, 0.15) is 6.23 Å². The molecule has 192 valence electrons. The number of hydrogen-bond donors (Lipinski definition) is 4. The van der Waals surface area contributed by atoms with Crippen molar-refractivity contribution in [2.45, 2.75) is 58.2 Å². The summed E-state index contributed by atoms with van der Waals surface area (Å²) in [6.45, 7) is 8.88. The Morgan fingerprint density at radius 3 is 2.63 bits per heavy atom. The Morgan fingerprint density at radius 2 is 1.97 bits per heavy atom. The predicted molar refractivity (Wildman–Crippen MR) is 141 cm³/mol. The number of benzene rings is 1. The van der Waals surface area contributed by atoms with Crippen LogP contribution in [0.5, 0.6) is 0 Å². The number of carbonyl (C=O) groups excluding carboxylic acids is 2. The molecule has 9 heteroatoms. The third kappa shape index (κ3) is 14.2. The largest absolute Gasteiger partial charge is 0.375 e. The maximum absolute atomic E-state index is 12.3. The van der Waals surface area contributed by atoms with E-state index in [0.29, 0.717) is 49.4 Å². The van der Waals surface area contributed by atoms with E-state index in [1.807, 2.05) is 49.4 Å². The molecular weight excluding hydrogens is 466 g/mol. The fraction of sp³-hybridized carbons (Fsp3) is 0.462. The lowest BCUT2D eigenvalue weighted by Crippen LogP contribution is -2.37. The molecule has 35 heavy (non-hydrogen) atoms. The Kier molecular flexibility index (Phi) is 15.2. The van der Waals surface area contributed by atoms with E-state index in [1.54, 1.807) is 6.92 Å². The van der Waals surface area contributed by atoms with Gasteiger partial charge in [0.05, 0.1) is 19.1 Å². The number of aliphatic hydroxyl groups excluding tert-OH is 1. The van der Waals surface area contributed by atoms with Gasteiger partial charge in [-0.2, -0.15) is 10.2 Å². The fourth-order valence-electron chi connectivity index (χ4n) is 2.99. The molecule has 0 bridgehead atoms. The molecule has 2 unspecified atom stereocenters. The highest BCUT2D eigenvalue weighted by Gasteiger charge is 2.13. The first-order valence-corrected chi connectivity index (χ1v) is 12.2. The number of nitrogens with two attached hydrogens (primary N) is 1. The predicted octanol–water partition coefficient (Wildman–Crippen LogP) is 4.37. The van der Waals surface area contributed by atoms with E-state index in [-0.39, 0.29) is 18.5 Å². The highest BCUT2D eigenvalue weighted by molar-refractivity contribution is 6.30. The van der Waals surface area contributed by atoms with Crippen molar-refractivity contribution in [3.8, 4) is 0 Å². The summed E-state index contributed by atoms with van der Waals surface area (Å²) in [5.41, 5.74) is 7.61. The molecule has 0 heterocycles. The second kappa shape index (κ2) is 17.6. The summed E-state index contributed by atoms with van der Waals surface area (Å²) in [5.74, 6) is -0.568. The number of halogens is 1. The van der Waals surface area contributed by atoms with Crippen molar-refractivity contribution in [2.75, 3.05) is 19.6 Å². The summed E-state index contributed by atoms with van der Waals surface area (Å²) in [5, 5.41) is 24.7. The highest BCUT2D eigenvalue weighted by Crippen LogP contribution is 2.25. The first-order chi connectivity index (χ1) is 16.7. The van der Waals surface area contributed by atoms with Gasteiger partial charge in [-0.25, -0.2) is 0 Å². The first-order valence-electron chi connectivity index (χ1n) is 11.8. The number of hydrogen-bond acceptors (Lipinski definition) is 6. The number of nitrogens with one attached hydrogen (secondary N) is 2. The van der Waals surface area contributed by atoms with Crippen molar-refractivity contribution in [3.05, 3.63) is 70.8 Å². The topological polar surface area (TPSA) is 129 Å². The van der Waals surface area contributed by atoms with Crippen LogP contribution in [-0.4, -0.2) is 42.8 Å². The van der Waals surface area contributed by atoms with Crippen LogP contribution >= 0.6 is 11.6 Å². The summed E-state index contributed by atoms with van der Waals surface area (Å²) in [6, 6.07) is 7.29. The lowest BCUT2D eigenvalue weighted by molar-refractivity contribution is -0.121. The van der Waals surface area contributed by atoms with Gasteiger partial charge >= 0.3 is 0 Å². The van der Waals surface area contributed by atoms with Crippen LogP contribution in [0.4, 0.5) is 0 Å². The van der Waals surface area contributed by atoms with E-state index in [4.69, 9.17) is 17.3 Å². The Bertz CT molecular complexity index is 897.